The quantitative estimate of drug-likeness (QED) is 0.811. The molecular weight excluding hydrogens is 297 g/mol. The minimum Gasteiger partial charge on any atom is -0.493 e. The summed E-state index contributed by atoms with van der Waals surface area (Å²) < 4.78 is 49.1. The van der Waals surface area contributed by atoms with Crippen molar-refractivity contribution in [3.8, 4) is 11.5 Å². The van der Waals surface area contributed by atoms with Gasteiger partial charge in [0.15, 0.2) is 6.10 Å². The highest BCUT2D eigenvalue weighted by Gasteiger charge is 2.41. The minimum absolute atomic E-state index is 0.000203. The van der Waals surface area contributed by atoms with Crippen LogP contribution < -0.4 is 9.47 Å². The summed E-state index contributed by atoms with van der Waals surface area (Å²) in [6.45, 7) is 8.42. The molecular formula is C16H23F3O3. The van der Waals surface area contributed by atoms with Gasteiger partial charge in [-0.2, -0.15) is 13.2 Å². The topological polar surface area (TPSA) is 38.7 Å². The molecule has 0 saturated heterocycles. The third kappa shape index (κ3) is 5.75. The van der Waals surface area contributed by atoms with Gasteiger partial charge < -0.3 is 14.6 Å². The van der Waals surface area contributed by atoms with Crippen LogP contribution in [0.2, 0.25) is 0 Å². The number of alkyl halides is 3. The molecule has 1 aromatic carbocycles. The summed E-state index contributed by atoms with van der Waals surface area (Å²) in [6.07, 6.45) is -7.32. The highest BCUT2D eigenvalue weighted by molar-refractivity contribution is 5.42. The molecule has 0 aliphatic rings. The number of benzene rings is 1. The first-order valence-corrected chi connectivity index (χ1v) is 7.25. The number of halogens is 3. The lowest BCUT2D eigenvalue weighted by Gasteiger charge is -2.20. The van der Waals surface area contributed by atoms with Gasteiger partial charge in [-0.25, -0.2) is 0 Å². The van der Waals surface area contributed by atoms with E-state index in [9.17, 15) is 18.3 Å². The maximum absolute atomic E-state index is 12.7. The van der Waals surface area contributed by atoms with Crippen molar-refractivity contribution in [3.05, 3.63) is 23.8 Å². The Morgan fingerprint density at radius 1 is 1.00 bits per heavy atom. The molecule has 0 saturated carbocycles. The van der Waals surface area contributed by atoms with Crippen LogP contribution in [-0.2, 0) is 0 Å². The molecule has 0 spiro atoms. The first-order chi connectivity index (χ1) is 10.1. The predicted molar refractivity (Wildman–Crippen MR) is 78.1 cm³/mol. The zero-order valence-electron chi connectivity index (χ0n) is 13.3. The molecule has 22 heavy (non-hydrogen) atoms. The van der Waals surface area contributed by atoms with Gasteiger partial charge in [0.25, 0.3) is 0 Å². The predicted octanol–water partition coefficient (Wildman–Crippen LogP) is 4.35. The van der Waals surface area contributed by atoms with Gasteiger partial charge in [-0.05, 0) is 24.0 Å². The van der Waals surface area contributed by atoms with E-state index in [0.717, 1.165) is 0 Å². The zero-order chi connectivity index (χ0) is 16.9. The second-order valence-electron chi connectivity index (χ2n) is 6.05. The van der Waals surface area contributed by atoms with Crippen molar-refractivity contribution in [1.29, 1.82) is 0 Å². The Balaban J connectivity index is 3.03. The number of hydrogen-bond acceptors (Lipinski definition) is 3. The molecule has 0 aliphatic heterocycles. The molecule has 0 fully saturated rings. The van der Waals surface area contributed by atoms with Crippen LogP contribution in [-0.4, -0.2) is 24.5 Å². The second kappa shape index (κ2) is 7.72. The van der Waals surface area contributed by atoms with Crippen LogP contribution in [0.15, 0.2) is 18.2 Å². The summed E-state index contributed by atoms with van der Waals surface area (Å²) >= 11 is 0. The van der Waals surface area contributed by atoms with Crippen LogP contribution in [0.4, 0.5) is 13.2 Å². The molecule has 1 rings (SSSR count). The molecule has 1 N–H and O–H groups in total. The van der Waals surface area contributed by atoms with Crippen LogP contribution in [0.3, 0.4) is 0 Å². The number of aliphatic hydroxyl groups excluding tert-OH is 1. The average Bonchev–Trinajstić information content (AvgIpc) is 2.41. The van der Waals surface area contributed by atoms with E-state index in [0.29, 0.717) is 18.3 Å². The number of hydrogen-bond donors (Lipinski definition) is 1. The van der Waals surface area contributed by atoms with Crippen LogP contribution in [0.1, 0.15) is 39.4 Å². The Bertz CT molecular complexity index is 470. The van der Waals surface area contributed by atoms with Crippen LogP contribution >= 0.6 is 0 Å². The third-order valence-corrected chi connectivity index (χ3v) is 2.75. The van der Waals surface area contributed by atoms with Crippen LogP contribution in [0.5, 0.6) is 11.5 Å². The lowest BCUT2D eigenvalue weighted by atomic mass is 10.1. The van der Waals surface area contributed by atoms with Crippen molar-refractivity contribution in [2.45, 2.75) is 40.0 Å². The summed E-state index contributed by atoms with van der Waals surface area (Å²) in [5.74, 6) is 0.863. The minimum atomic E-state index is -4.74. The van der Waals surface area contributed by atoms with Crippen molar-refractivity contribution in [1.82, 2.24) is 0 Å². The van der Waals surface area contributed by atoms with Gasteiger partial charge in [0.05, 0.1) is 13.2 Å². The normalized spacial score (nSPS) is 13.5. The fourth-order valence-electron chi connectivity index (χ4n) is 1.65. The average molecular weight is 320 g/mol. The van der Waals surface area contributed by atoms with E-state index in [2.05, 4.69) is 0 Å². The smallest absolute Gasteiger partial charge is 0.418 e. The molecule has 0 bridgehead atoms. The Morgan fingerprint density at radius 2 is 1.55 bits per heavy atom. The fraction of sp³-hybridized carbons (Fsp3) is 0.625. The van der Waals surface area contributed by atoms with E-state index in [1.54, 1.807) is 0 Å². The molecule has 0 heterocycles. The molecule has 3 nitrogen and oxygen atoms in total. The van der Waals surface area contributed by atoms with E-state index < -0.39 is 12.3 Å². The largest absolute Gasteiger partial charge is 0.493 e. The zero-order valence-corrected chi connectivity index (χ0v) is 13.3. The van der Waals surface area contributed by atoms with Gasteiger partial charge in [0, 0.05) is 11.6 Å². The summed E-state index contributed by atoms with van der Waals surface area (Å²) in [4.78, 5) is 0. The van der Waals surface area contributed by atoms with Crippen LogP contribution in [0, 0.1) is 11.8 Å². The number of rotatable bonds is 7. The molecule has 126 valence electrons. The molecule has 0 aliphatic carbocycles. The van der Waals surface area contributed by atoms with Gasteiger partial charge >= 0.3 is 6.18 Å². The lowest BCUT2D eigenvalue weighted by Crippen LogP contribution is -2.21. The van der Waals surface area contributed by atoms with E-state index in [1.165, 1.54) is 18.2 Å². The van der Waals surface area contributed by atoms with Crippen LogP contribution in [0.25, 0.3) is 0 Å². The summed E-state index contributed by atoms with van der Waals surface area (Å²) in [7, 11) is 0. The number of aliphatic hydroxyl groups is 1. The summed E-state index contributed by atoms with van der Waals surface area (Å²) in [6, 6.07) is 4.01. The standard InChI is InChI=1S/C16H23F3O3/c1-10(2)8-21-12-5-6-13(15(20)16(17,18)19)14(7-12)22-9-11(3)4/h5-7,10-11,15,20H,8-9H2,1-4H3. The summed E-state index contributed by atoms with van der Waals surface area (Å²) in [5.41, 5.74) is -0.301. The maximum atomic E-state index is 12.7. The van der Waals surface area contributed by atoms with Crippen molar-refractivity contribution >= 4 is 0 Å². The fourth-order valence-corrected chi connectivity index (χ4v) is 1.65. The van der Waals surface area contributed by atoms with E-state index in [4.69, 9.17) is 9.47 Å². The lowest BCUT2D eigenvalue weighted by molar-refractivity contribution is -0.207. The Hall–Kier alpha value is -1.43. The molecule has 6 heteroatoms. The van der Waals surface area contributed by atoms with Gasteiger partial charge in [0.2, 0.25) is 0 Å². The van der Waals surface area contributed by atoms with E-state index >= 15 is 0 Å². The van der Waals surface area contributed by atoms with Gasteiger partial charge in [0.1, 0.15) is 11.5 Å². The van der Waals surface area contributed by atoms with Gasteiger partial charge in [-0.1, -0.05) is 27.7 Å². The molecule has 0 aromatic heterocycles. The van der Waals surface area contributed by atoms with Crippen molar-refractivity contribution in [2.75, 3.05) is 13.2 Å². The molecule has 1 aromatic rings. The highest BCUT2D eigenvalue weighted by atomic mass is 19.4. The SMILES string of the molecule is CC(C)COc1ccc(C(O)C(F)(F)F)c(OCC(C)C)c1. The van der Waals surface area contributed by atoms with Gasteiger partial charge in [-0.15, -0.1) is 0 Å². The third-order valence-electron chi connectivity index (χ3n) is 2.75. The Morgan fingerprint density at radius 3 is 2.05 bits per heavy atom. The van der Waals surface area contributed by atoms with E-state index in [1.807, 2.05) is 27.7 Å². The van der Waals surface area contributed by atoms with Gasteiger partial charge in [-0.3, -0.25) is 0 Å². The molecule has 1 atom stereocenters. The second-order valence-corrected chi connectivity index (χ2v) is 6.05. The Kier molecular flexibility index (Phi) is 6.53. The maximum Gasteiger partial charge on any atom is 0.418 e. The van der Waals surface area contributed by atoms with Crippen molar-refractivity contribution in [3.63, 3.8) is 0 Å². The molecule has 1 unspecified atom stereocenters. The van der Waals surface area contributed by atoms with Crippen molar-refractivity contribution < 1.29 is 27.8 Å². The first-order valence-electron chi connectivity index (χ1n) is 7.25. The Labute approximate surface area is 129 Å². The first kappa shape index (κ1) is 18.6. The molecule has 0 amide bonds. The summed E-state index contributed by atoms with van der Waals surface area (Å²) in [5, 5.41) is 9.47. The highest BCUT2D eigenvalue weighted by Crippen LogP contribution is 2.38. The van der Waals surface area contributed by atoms with E-state index in [-0.39, 0.29) is 23.8 Å². The van der Waals surface area contributed by atoms with Crippen molar-refractivity contribution in [2.24, 2.45) is 11.8 Å². The monoisotopic (exact) mass is 320 g/mol. The molecule has 0 radical (unpaired) electrons. The number of ether oxygens (including phenoxy) is 2.